The molecule has 31 heavy (non-hydrogen) atoms. The average molecular weight is 471 g/mol. The van der Waals surface area contributed by atoms with Gasteiger partial charge >= 0.3 is 0 Å². The fourth-order valence-corrected chi connectivity index (χ4v) is 2.95. The van der Waals surface area contributed by atoms with E-state index in [2.05, 4.69) is 16.3 Å². The maximum Gasteiger partial charge on any atom is 0.275 e. The molecule has 1 aromatic carbocycles. The van der Waals surface area contributed by atoms with Crippen LogP contribution >= 0.6 is 24.0 Å². The Kier molecular flexibility index (Phi) is 12.3. The molecule has 0 saturated carbocycles. The number of nitrogens with zero attached hydrogens (tertiary/aromatic N) is 1. The zero-order valence-corrected chi connectivity index (χ0v) is 18.4. The van der Waals surface area contributed by atoms with Crippen molar-refractivity contribution in [3.63, 3.8) is 0 Å². The molecule has 0 aliphatic heterocycles. The van der Waals surface area contributed by atoms with E-state index in [0.717, 1.165) is 36.0 Å². The van der Waals surface area contributed by atoms with E-state index in [-0.39, 0.29) is 23.2 Å². The minimum absolute atomic E-state index is 0.0103. The predicted molar refractivity (Wildman–Crippen MR) is 123 cm³/mol. The zero-order chi connectivity index (χ0) is 23.2. The van der Waals surface area contributed by atoms with Crippen molar-refractivity contribution >= 4 is 35.9 Å². The van der Waals surface area contributed by atoms with Gasteiger partial charge in [-0.1, -0.05) is 6.58 Å². The van der Waals surface area contributed by atoms with E-state index in [4.69, 9.17) is 20.8 Å². The summed E-state index contributed by atoms with van der Waals surface area (Å²) in [6.07, 6.45) is 2.97. The Labute approximate surface area is 188 Å². The number of carbonyl (C=O) groups excluding carboxylic acids is 1. The lowest BCUT2D eigenvalue weighted by molar-refractivity contribution is -0.114. The topological polar surface area (TPSA) is 123 Å². The van der Waals surface area contributed by atoms with Crippen LogP contribution in [-0.4, -0.2) is 28.7 Å². The van der Waals surface area contributed by atoms with Crippen molar-refractivity contribution in [2.24, 2.45) is 16.5 Å². The number of ether oxygens (including phenoxy) is 1. The number of allylic oxidation sites excluding steroid dienone is 4. The highest BCUT2D eigenvalue weighted by atomic mass is 32.2. The van der Waals surface area contributed by atoms with Gasteiger partial charge in [-0.3, -0.25) is 9.52 Å². The lowest BCUT2D eigenvalue weighted by Crippen LogP contribution is -2.24. The zero-order valence-electron chi connectivity index (χ0n) is 16.8. The van der Waals surface area contributed by atoms with Crippen molar-refractivity contribution in [1.29, 1.82) is 0 Å². The van der Waals surface area contributed by atoms with Crippen LogP contribution in [-0.2, 0) is 4.79 Å². The van der Waals surface area contributed by atoms with Gasteiger partial charge in [-0.15, -0.1) is 0 Å². The summed E-state index contributed by atoms with van der Waals surface area (Å²) in [7, 11) is 0. The molecular formula is C20H24F2N4O3S2. The average Bonchev–Trinajstić information content (AvgIpc) is 2.72. The largest absolute Gasteiger partial charge is 0.452 e. The number of aliphatic imine (C=N–C) groups is 1. The van der Waals surface area contributed by atoms with Crippen LogP contribution in [0.3, 0.4) is 0 Å². The SMILES string of the molecule is C=C(/C=C(\C)C(=O)N=C(N)N)/C=C(F)\C(=C\F)Oc1ccc(SNCCCSO)cc1. The molecule has 0 heterocycles. The molecule has 0 radical (unpaired) electrons. The molecule has 1 amide bonds. The normalized spacial score (nSPS) is 12.5. The molecule has 0 fully saturated rings. The van der Waals surface area contributed by atoms with Crippen molar-refractivity contribution in [2.75, 3.05) is 12.3 Å². The molecule has 1 rings (SSSR count). The molecule has 0 spiro atoms. The molecule has 7 nitrogen and oxygen atoms in total. The number of rotatable bonds is 12. The van der Waals surface area contributed by atoms with Crippen LogP contribution in [0.4, 0.5) is 8.78 Å². The molecule has 1 aromatic rings. The molecule has 6 N–H and O–H groups in total. The van der Waals surface area contributed by atoms with Gasteiger partial charge in [0, 0.05) is 22.8 Å². The number of hydrogen-bond acceptors (Lipinski definition) is 6. The quantitative estimate of drug-likeness (QED) is 0.0523. The van der Waals surface area contributed by atoms with Gasteiger partial charge in [0.25, 0.3) is 5.91 Å². The van der Waals surface area contributed by atoms with E-state index in [9.17, 15) is 13.6 Å². The first kappa shape index (κ1) is 26.4. The summed E-state index contributed by atoms with van der Waals surface area (Å²) in [5.74, 6) is -1.90. The molecule has 0 bridgehead atoms. The summed E-state index contributed by atoms with van der Waals surface area (Å²) < 4.78 is 44.6. The number of nitrogens with two attached hydrogens (primary N) is 2. The summed E-state index contributed by atoms with van der Waals surface area (Å²) in [5, 5.41) is 0. The summed E-state index contributed by atoms with van der Waals surface area (Å²) in [6.45, 7) is 5.74. The number of amides is 1. The third-order valence-corrected chi connectivity index (χ3v) is 4.70. The Bertz CT molecular complexity index is 881. The maximum absolute atomic E-state index is 14.4. The standard InChI is InChI=1S/C20H24F2N4O3S2/c1-13(10-14(2)19(27)26-20(23)24)11-17(22)18(12-21)29-15-4-6-16(7-5-15)31-25-8-3-9-30-28/h4-7,10-12,25,28H,1,3,8-9H2,2H3,(H4,23,24,26,27)/b14-10+,17-11+,18-12-. The number of nitrogens with one attached hydrogen (secondary N) is 1. The minimum atomic E-state index is -1.02. The van der Waals surface area contributed by atoms with Gasteiger partial charge in [-0.2, -0.15) is 4.99 Å². The van der Waals surface area contributed by atoms with E-state index >= 15 is 0 Å². The van der Waals surface area contributed by atoms with E-state index in [1.54, 1.807) is 24.3 Å². The van der Waals surface area contributed by atoms with Gasteiger partial charge < -0.3 is 20.8 Å². The second kappa shape index (κ2) is 14.4. The van der Waals surface area contributed by atoms with Crippen molar-refractivity contribution in [1.82, 2.24) is 4.72 Å². The van der Waals surface area contributed by atoms with E-state index < -0.39 is 23.5 Å². The van der Waals surface area contributed by atoms with Crippen LogP contribution in [0.15, 0.2) is 81.9 Å². The van der Waals surface area contributed by atoms with E-state index in [1.165, 1.54) is 24.9 Å². The van der Waals surface area contributed by atoms with Crippen LogP contribution in [0.25, 0.3) is 0 Å². The second-order valence-electron chi connectivity index (χ2n) is 5.97. The van der Waals surface area contributed by atoms with E-state index in [0.29, 0.717) is 5.75 Å². The van der Waals surface area contributed by atoms with Gasteiger partial charge in [-0.05, 0) is 79.3 Å². The lowest BCUT2D eigenvalue weighted by atomic mass is 10.1. The Morgan fingerprint density at radius 2 is 2.00 bits per heavy atom. The molecular weight excluding hydrogens is 446 g/mol. The summed E-state index contributed by atoms with van der Waals surface area (Å²) >= 11 is 2.18. The van der Waals surface area contributed by atoms with Crippen LogP contribution in [0.5, 0.6) is 5.75 Å². The first-order chi connectivity index (χ1) is 14.8. The van der Waals surface area contributed by atoms with Crippen LogP contribution < -0.4 is 20.9 Å². The van der Waals surface area contributed by atoms with Crippen LogP contribution in [0.1, 0.15) is 13.3 Å². The first-order valence-corrected chi connectivity index (χ1v) is 10.7. The van der Waals surface area contributed by atoms with Crippen molar-refractivity contribution in [3.8, 4) is 5.75 Å². The number of hydrogen-bond donors (Lipinski definition) is 4. The highest BCUT2D eigenvalue weighted by molar-refractivity contribution is 7.97. The molecule has 168 valence electrons. The number of guanidine groups is 1. The smallest absolute Gasteiger partial charge is 0.275 e. The van der Waals surface area contributed by atoms with Gasteiger partial charge in [0.05, 0.1) is 0 Å². The molecule has 0 aliphatic rings. The fraction of sp³-hybridized carbons (Fsp3) is 0.200. The van der Waals surface area contributed by atoms with Crippen molar-refractivity contribution in [3.05, 3.63) is 72.1 Å². The first-order valence-electron chi connectivity index (χ1n) is 8.90. The number of benzene rings is 1. The van der Waals surface area contributed by atoms with Crippen molar-refractivity contribution in [2.45, 2.75) is 18.2 Å². The summed E-state index contributed by atoms with van der Waals surface area (Å²) in [6, 6.07) is 6.59. The summed E-state index contributed by atoms with van der Waals surface area (Å²) in [4.78, 5) is 15.9. The third kappa shape index (κ3) is 10.8. The molecule has 0 saturated heterocycles. The molecule has 0 aromatic heterocycles. The molecule has 0 unspecified atom stereocenters. The van der Waals surface area contributed by atoms with Crippen molar-refractivity contribution < 1.29 is 22.9 Å². The minimum Gasteiger partial charge on any atom is -0.452 e. The summed E-state index contributed by atoms with van der Waals surface area (Å²) in [5.41, 5.74) is 10.5. The van der Waals surface area contributed by atoms with Gasteiger partial charge in [-0.25, -0.2) is 8.78 Å². The molecule has 0 aliphatic carbocycles. The third-order valence-electron chi connectivity index (χ3n) is 3.37. The van der Waals surface area contributed by atoms with Crippen LogP contribution in [0, 0.1) is 0 Å². The Morgan fingerprint density at radius 3 is 2.58 bits per heavy atom. The highest BCUT2D eigenvalue weighted by Crippen LogP contribution is 2.24. The van der Waals surface area contributed by atoms with E-state index in [1.807, 2.05) is 0 Å². The van der Waals surface area contributed by atoms with Gasteiger partial charge in [0.1, 0.15) is 12.1 Å². The Balaban J connectivity index is 2.72. The number of halogens is 2. The maximum atomic E-state index is 14.4. The van der Waals surface area contributed by atoms with Gasteiger partial charge in [0.15, 0.2) is 17.5 Å². The number of carbonyl (C=O) groups is 1. The predicted octanol–water partition coefficient (Wildman–Crippen LogP) is 4.23. The monoisotopic (exact) mass is 470 g/mol. The lowest BCUT2D eigenvalue weighted by Gasteiger charge is -2.08. The second-order valence-corrected chi connectivity index (χ2v) is 7.60. The molecule has 11 heteroatoms. The Hall–Kier alpha value is -2.60. The van der Waals surface area contributed by atoms with Crippen LogP contribution in [0.2, 0.25) is 0 Å². The highest BCUT2D eigenvalue weighted by Gasteiger charge is 2.10. The Morgan fingerprint density at radius 1 is 1.32 bits per heavy atom. The fourth-order valence-electron chi connectivity index (χ4n) is 1.99. The van der Waals surface area contributed by atoms with Gasteiger partial charge in [0.2, 0.25) is 0 Å². The molecule has 0 atom stereocenters.